The van der Waals surface area contributed by atoms with Crippen molar-refractivity contribution in [1.82, 2.24) is 15.0 Å². The number of aromatic amines is 1. The largest absolute Gasteiger partial charge is 0.340 e. The number of pyridine rings is 1. The molecule has 80 valence electrons. The first-order valence-electron chi connectivity index (χ1n) is 5.54. The molecule has 2 heterocycles. The zero-order chi connectivity index (χ0) is 10.8. The van der Waals surface area contributed by atoms with Crippen molar-refractivity contribution >= 4 is 11.2 Å². The zero-order valence-electron chi connectivity index (χ0n) is 9.54. The minimum Gasteiger partial charge on any atom is -0.340 e. The van der Waals surface area contributed by atoms with E-state index in [4.69, 9.17) is 0 Å². The summed E-state index contributed by atoms with van der Waals surface area (Å²) < 4.78 is 0. The fourth-order valence-corrected chi connectivity index (χ4v) is 1.81. The molecule has 1 N–H and O–H groups in total. The monoisotopic (exact) mass is 203 g/mol. The molecule has 0 fully saturated rings. The summed E-state index contributed by atoms with van der Waals surface area (Å²) in [4.78, 5) is 12.3. The van der Waals surface area contributed by atoms with Crippen LogP contribution < -0.4 is 0 Å². The highest BCUT2D eigenvalue weighted by molar-refractivity contribution is 5.70. The Morgan fingerprint density at radius 2 is 2.13 bits per heavy atom. The van der Waals surface area contributed by atoms with Crippen molar-refractivity contribution in [1.29, 1.82) is 0 Å². The van der Waals surface area contributed by atoms with Crippen molar-refractivity contribution < 1.29 is 0 Å². The van der Waals surface area contributed by atoms with Gasteiger partial charge in [0.2, 0.25) is 0 Å². The maximum Gasteiger partial charge on any atom is 0.177 e. The van der Waals surface area contributed by atoms with Gasteiger partial charge in [-0.2, -0.15) is 0 Å². The fourth-order valence-electron chi connectivity index (χ4n) is 1.81. The van der Waals surface area contributed by atoms with Crippen molar-refractivity contribution in [2.24, 2.45) is 0 Å². The predicted octanol–water partition coefficient (Wildman–Crippen LogP) is 3.17. The van der Waals surface area contributed by atoms with E-state index in [1.165, 1.54) is 12.8 Å². The van der Waals surface area contributed by atoms with Crippen LogP contribution >= 0.6 is 0 Å². The summed E-state index contributed by atoms with van der Waals surface area (Å²) in [6.45, 7) is 6.39. The summed E-state index contributed by atoms with van der Waals surface area (Å²) in [5, 5.41) is 0. The Balaban J connectivity index is 2.38. The topological polar surface area (TPSA) is 41.6 Å². The number of rotatable bonds is 3. The number of aryl methyl sites for hydroxylation is 1. The van der Waals surface area contributed by atoms with Crippen molar-refractivity contribution in [3.8, 4) is 0 Å². The summed E-state index contributed by atoms with van der Waals surface area (Å²) in [6, 6.07) is 4.06. The molecule has 0 bridgehead atoms. The first-order chi connectivity index (χ1) is 7.20. The number of fused-ring (bicyclic) bond motifs is 1. The molecule has 0 radical (unpaired) electrons. The van der Waals surface area contributed by atoms with Crippen LogP contribution in [-0.4, -0.2) is 15.0 Å². The highest BCUT2D eigenvalue weighted by Crippen LogP contribution is 2.20. The second kappa shape index (κ2) is 4.01. The highest BCUT2D eigenvalue weighted by atomic mass is 15.0. The molecule has 0 saturated carbocycles. The van der Waals surface area contributed by atoms with Crippen molar-refractivity contribution in [3.63, 3.8) is 0 Å². The molecular formula is C12H17N3. The third-order valence-electron chi connectivity index (χ3n) is 2.69. The van der Waals surface area contributed by atoms with Gasteiger partial charge in [0.1, 0.15) is 5.82 Å². The van der Waals surface area contributed by atoms with Gasteiger partial charge in [0.25, 0.3) is 0 Å². The Bertz CT molecular complexity index is 459. The number of hydrogen-bond acceptors (Lipinski definition) is 2. The molecule has 0 aliphatic carbocycles. The molecule has 1 unspecified atom stereocenters. The van der Waals surface area contributed by atoms with E-state index in [1.807, 2.05) is 19.1 Å². The lowest BCUT2D eigenvalue weighted by Crippen LogP contribution is -1.94. The minimum atomic E-state index is 0.490. The van der Waals surface area contributed by atoms with E-state index < -0.39 is 0 Å². The third-order valence-corrected chi connectivity index (χ3v) is 2.69. The molecule has 2 aromatic rings. The normalized spacial score (nSPS) is 13.3. The molecule has 0 aliphatic heterocycles. The van der Waals surface area contributed by atoms with E-state index in [1.54, 1.807) is 0 Å². The highest BCUT2D eigenvalue weighted by Gasteiger charge is 2.10. The second-order valence-corrected chi connectivity index (χ2v) is 4.14. The SMILES string of the molecule is CCCC(C)c1nc2nc(C)ccc2[nH]1. The van der Waals surface area contributed by atoms with E-state index in [0.29, 0.717) is 5.92 Å². The van der Waals surface area contributed by atoms with Crippen molar-refractivity contribution in [2.75, 3.05) is 0 Å². The Morgan fingerprint density at radius 3 is 2.87 bits per heavy atom. The van der Waals surface area contributed by atoms with Gasteiger partial charge in [0.15, 0.2) is 5.65 Å². The maximum absolute atomic E-state index is 4.53. The third kappa shape index (κ3) is 2.01. The van der Waals surface area contributed by atoms with Gasteiger partial charge in [-0.05, 0) is 25.5 Å². The minimum absolute atomic E-state index is 0.490. The van der Waals surface area contributed by atoms with Crippen molar-refractivity contribution in [3.05, 3.63) is 23.7 Å². The van der Waals surface area contributed by atoms with Crippen LogP contribution in [0.15, 0.2) is 12.1 Å². The smallest absolute Gasteiger partial charge is 0.177 e. The number of nitrogens with zero attached hydrogens (tertiary/aromatic N) is 2. The molecule has 3 nitrogen and oxygen atoms in total. The Kier molecular flexibility index (Phi) is 2.71. The molecule has 2 aromatic heterocycles. The van der Waals surface area contributed by atoms with Crippen LogP contribution in [0.4, 0.5) is 0 Å². The lowest BCUT2D eigenvalue weighted by atomic mass is 10.1. The lowest BCUT2D eigenvalue weighted by molar-refractivity contribution is 0.635. The van der Waals surface area contributed by atoms with E-state index in [2.05, 4.69) is 28.8 Å². The molecular weight excluding hydrogens is 186 g/mol. The molecule has 15 heavy (non-hydrogen) atoms. The van der Waals surface area contributed by atoms with E-state index in [9.17, 15) is 0 Å². The van der Waals surface area contributed by atoms with Gasteiger partial charge in [-0.3, -0.25) is 0 Å². The fraction of sp³-hybridized carbons (Fsp3) is 0.500. The van der Waals surface area contributed by atoms with Gasteiger partial charge in [0.05, 0.1) is 5.52 Å². The van der Waals surface area contributed by atoms with Crippen LogP contribution in [-0.2, 0) is 0 Å². The van der Waals surface area contributed by atoms with Crippen LogP contribution in [0, 0.1) is 6.92 Å². The van der Waals surface area contributed by atoms with Gasteiger partial charge >= 0.3 is 0 Å². The molecule has 0 amide bonds. The lowest BCUT2D eigenvalue weighted by Gasteiger charge is -2.04. The Labute approximate surface area is 90.0 Å². The second-order valence-electron chi connectivity index (χ2n) is 4.14. The molecule has 1 atom stereocenters. The number of imidazole rings is 1. The van der Waals surface area contributed by atoms with Crippen LogP contribution in [0.25, 0.3) is 11.2 Å². The molecule has 0 aromatic carbocycles. The quantitative estimate of drug-likeness (QED) is 0.832. The average molecular weight is 203 g/mol. The standard InChI is InChI=1S/C12H17N3/c1-4-5-8(2)11-14-10-7-6-9(3)13-12(10)15-11/h6-8H,4-5H2,1-3H3,(H,13,14,15). The first kappa shape index (κ1) is 10.1. The van der Waals surface area contributed by atoms with Crippen LogP contribution in [0.2, 0.25) is 0 Å². The molecule has 0 aliphatic rings. The number of aromatic nitrogens is 3. The van der Waals surface area contributed by atoms with E-state index in [0.717, 1.165) is 22.7 Å². The Morgan fingerprint density at radius 1 is 1.33 bits per heavy atom. The summed E-state index contributed by atoms with van der Waals surface area (Å²) in [6.07, 6.45) is 2.35. The van der Waals surface area contributed by atoms with Crippen LogP contribution in [0.3, 0.4) is 0 Å². The summed E-state index contributed by atoms with van der Waals surface area (Å²) in [5.41, 5.74) is 2.90. The summed E-state index contributed by atoms with van der Waals surface area (Å²) >= 11 is 0. The van der Waals surface area contributed by atoms with Gasteiger partial charge < -0.3 is 4.98 Å². The van der Waals surface area contributed by atoms with Crippen LogP contribution in [0.5, 0.6) is 0 Å². The zero-order valence-corrected chi connectivity index (χ0v) is 9.54. The number of H-pyrrole nitrogens is 1. The van der Waals surface area contributed by atoms with Gasteiger partial charge in [-0.25, -0.2) is 9.97 Å². The maximum atomic E-state index is 4.53. The average Bonchev–Trinajstić information content (AvgIpc) is 2.60. The van der Waals surface area contributed by atoms with E-state index in [-0.39, 0.29) is 0 Å². The number of nitrogens with one attached hydrogen (secondary N) is 1. The summed E-state index contributed by atoms with van der Waals surface area (Å²) in [5.74, 6) is 1.55. The van der Waals surface area contributed by atoms with E-state index >= 15 is 0 Å². The molecule has 2 rings (SSSR count). The molecule has 3 heteroatoms. The molecule has 0 spiro atoms. The Hall–Kier alpha value is -1.38. The van der Waals surface area contributed by atoms with Gasteiger partial charge in [-0.1, -0.05) is 20.3 Å². The van der Waals surface area contributed by atoms with Gasteiger partial charge in [-0.15, -0.1) is 0 Å². The van der Waals surface area contributed by atoms with Gasteiger partial charge in [0, 0.05) is 11.6 Å². The molecule has 0 saturated heterocycles. The summed E-state index contributed by atoms with van der Waals surface area (Å²) in [7, 11) is 0. The van der Waals surface area contributed by atoms with Crippen LogP contribution in [0.1, 0.15) is 44.1 Å². The predicted molar refractivity (Wildman–Crippen MR) is 61.9 cm³/mol. The number of hydrogen-bond donors (Lipinski definition) is 1. The van der Waals surface area contributed by atoms with Crippen molar-refractivity contribution in [2.45, 2.75) is 39.5 Å². The first-order valence-corrected chi connectivity index (χ1v) is 5.54.